The van der Waals surface area contributed by atoms with Crippen LogP contribution in [0.4, 0.5) is 0 Å². The minimum Gasteiger partial charge on any atom is -0.395 e. The molecule has 2 N–H and O–H groups in total. The van der Waals surface area contributed by atoms with Crippen LogP contribution in [0.3, 0.4) is 0 Å². The van der Waals surface area contributed by atoms with Gasteiger partial charge in [-0.25, -0.2) is 0 Å². The SMILES string of the molecule is OCC1CC(O)CN1CCCc1ccccc1. The lowest BCUT2D eigenvalue weighted by Crippen LogP contribution is -2.33. The number of hydrogen-bond donors (Lipinski definition) is 2. The van der Waals surface area contributed by atoms with Crippen LogP contribution in [0.5, 0.6) is 0 Å². The second kappa shape index (κ2) is 6.15. The van der Waals surface area contributed by atoms with E-state index in [9.17, 15) is 10.2 Å². The number of aryl methyl sites for hydroxylation is 1. The number of nitrogens with zero attached hydrogens (tertiary/aromatic N) is 1. The Hall–Kier alpha value is -0.900. The van der Waals surface area contributed by atoms with Crippen molar-refractivity contribution >= 4 is 0 Å². The summed E-state index contributed by atoms with van der Waals surface area (Å²) in [5.74, 6) is 0. The highest BCUT2D eigenvalue weighted by atomic mass is 16.3. The van der Waals surface area contributed by atoms with Gasteiger partial charge in [-0.1, -0.05) is 30.3 Å². The van der Waals surface area contributed by atoms with E-state index in [1.54, 1.807) is 0 Å². The Morgan fingerprint density at radius 3 is 2.71 bits per heavy atom. The summed E-state index contributed by atoms with van der Waals surface area (Å²) in [6.45, 7) is 1.82. The van der Waals surface area contributed by atoms with Crippen molar-refractivity contribution in [3.05, 3.63) is 35.9 Å². The van der Waals surface area contributed by atoms with Crippen LogP contribution >= 0.6 is 0 Å². The molecule has 1 aliphatic rings. The van der Waals surface area contributed by atoms with Gasteiger partial charge in [-0.15, -0.1) is 0 Å². The van der Waals surface area contributed by atoms with Crippen LogP contribution in [0.1, 0.15) is 18.4 Å². The molecule has 0 amide bonds. The lowest BCUT2D eigenvalue weighted by molar-refractivity contribution is 0.154. The summed E-state index contributed by atoms with van der Waals surface area (Å²) < 4.78 is 0. The second-order valence-electron chi connectivity index (χ2n) is 4.81. The van der Waals surface area contributed by atoms with Crippen LogP contribution in [0, 0.1) is 0 Å². The Morgan fingerprint density at radius 2 is 2.00 bits per heavy atom. The Morgan fingerprint density at radius 1 is 1.24 bits per heavy atom. The van der Waals surface area contributed by atoms with Gasteiger partial charge in [0.05, 0.1) is 12.7 Å². The summed E-state index contributed by atoms with van der Waals surface area (Å²) >= 11 is 0. The van der Waals surface area contributed by atoms with Crippen molar-refractivity contribution in [3.8, 4) is 0 Å². The zero-order chi connectivity index (χ0) is 12.1. The second-order valence-corrected chi connectivity index (χ2v) is 4.81. The van der Waals surface area contributed by atoms with Crippen LogP contribution in [0.2, 0.25) is 0 Å². The van der Waals surface area contributed by atoms with Gasteiger partial charge in [0.15, 0.2) is 0 Å². The van der Waals surface area contributed by atoms with E-state index in [4.69, 9.17) is 0 Å². The highest BCUT2D eigenvalue weighted by molar-refractivity contribution is 5.14. The smallest absolute Gasteiger partial charge is 0.0683 e. The van der Waals surface area contributed by atoms with E-state index in [1.165, 1.54) is 5.56 Å². The summed E-state index contributed by atoms with van der Waals surface area (Å²) in [6, 6.07) is 10.6. The van der Waals surface area contributed by atoms with Gasteiger partial charge in [0, 0.05) is 12.6 Å². The molecule has 1 fully saturated rings. The van der Waals surface area contributed by atoms with E-state index in [0.717, 1.165) is 19.4 Å². The number of hydrogen-bond acceptors (Lipinski definition) is 3. The predicted molar refractivity (Wildman–Crippen MR) is 67.8 cm³/mol. The molecule has 17 heavy (non-hydrogen) atoms. The largest absolute Gasteiger partial charge is 0.395 e. The van der Waals surface area contributed by atoms with Crippen molar-refractivity contribution in [1.29, 1.82) is 0 Å². The van der Waals surface area contributed by atoms with Crippen molar-refractivity contribution in [2.24, 2.45) is 0 Å². The molecule has 0 aromatic heterocycles. The summed E-state index contributed by atoms with van der Waals surface area (Å²) in [5.41, 5.74) is 1.35. The Labute approximate surface area is 103 Å². The van der Waals surface area contributed by atoms with E-state index in [2.05, 4.69) is 29.2 Å². The van der Waals surface area contributed by atoms with Gasteiger partial charge in [0.25, 0.3) is 0 Å². The van der Waals surface area contributed by atoms with Crippen LogP contribution in [0.25, 0.3) is 0 Å². The van der Waals surface area contributed by atoms with E-state index in [1.807, 2.05) is 6.07 Å². The third-order valence-electron chi connectivity index (χ3n) is 3.47. The first kappa shape index (κ1) is 12.6. The van der Waals surface area contributed by atoms with Crippen molar-refractivity contribution < 1.29 is 10.2 Å². The van der Waals surface area contributed by atoms with E-state index < -0.39 is 0 Å². The maximum atomic E-state index is 9.56. The number of aliphatic hydroxyl groups is 2. The molecule has 3 heteroatoms. The summed E-state index contributed by atoms with van der Waals surface area (Å²) in [4.78, 5) is 2.20. The first-order valence-electron chi connectivity index (χ1n) is 6.36. The maximum absolute atomic E-state index is 9.56. The molecule has 2 unspecified atom stereocenters. The minimum absolute atomic E-state index is 0.153. The van der Waals surface area contributed by atoms with Crippen molar-refractivity contribution in [2.45, 2.75) is 31.4 Å². The topological polar surface area (TPSA) is 43.7 Å². The van der Waals surface area contributed by atoms with Crippen LogP contribution in [-0.2, 0) is 6.42 Å². The normalized spacial score (nSPS) is 25.3. The molecular weight excluding hydrogens is 214 g/mol. The van der Waals surface area contributed by atoms with Crippen molar-refractivity contribution in [1.82, 2.24) is 4.90 Å². The fourth-order valence-corrected chi connectivity index (χ4v) is 2.55. The third-order valence-corrected chi connectivity index (χ3v) is 3.47. The number of benzene rings is 1. The molecule has 1 aromatic rings. The number of β-amino-alcohol motifs (C(OH)–C–C–N with tert-alkyl or cyclic N) is 1. The molecule has 2 rings (SSSR count). The lowest BCUT2D eigenvalue weighted by Gasteiger charge is -2.21. The molecule has 0 saturated carbocycles. The molecule has 1 aliphatic heterocycles. The molecule has 1 saturated heterocycles. The summed E-state index contributed by atoms with van der Waals surface area (Å²) in [5, 5.41) is 18.8. The van der Waals surface area contributed by atoms with Crippen LogP contribution in [0.15, 0.2) is 30.3 Å². The standard InChI is InChI=1S/C14H21NO2/c16-11-13-9-14(17)10-15(13)8-4-7-12-5-2-1-3-6-12/h1-3,5-6,13-14,16-17H,4,7-11H2. The minimum atomic E-state index is -0.260. The molecule has 2 atom stereocenters. The zero-order valence-electron chi connectivity index (χ0n) is 10.1. The van der Waals surface area contributed by atoms with Gasteiger partial charge in [-0.05, 0) is 31.4 Å². The zero-order valence-corrected chi connectivity index (χ0v) is 10.1. The molecule has 1 heterocycles. The fraction of sp³-hybridized carbons (Fsp3) is 0.571. The molecular formula is C14H21NO2. The highest BCUT2D eigenvalue weighted by Gasteiger charge is 2.29. The van der Waals surface area contributed by atoms with Gasteiger partial charge >= 0.3 is 0 Å². The molecule has 94 valence electrons. The molecule has 1 aromatic carbocycles. The first-order valence-corrected chi connectivity index (χ1v) is 6.36. The van der Waals surface area contributed by atoms with Gasteiger partial charge < -0.3 is 10.2 Å². The van der Waals surface area contributed by atoms with E-state index >= 15 is 0 Å². The fourth-order valence-electron chi connectivity index (χ4n) is 2.55. The Bertz CT molecular complexity index is 328. The van der Waals surface area contributed by atoms with E-state index in [0.29, 0.717) is 13.0 Å². The molecule has 3 nitrogen and oxygen atoms in total. The van der Waals surface area contributed by atoms with Crippen LogP contribution in [-0.4, -0.2) is 47.0 Å². The summed E-state index contributed by atoms with van der Waals surface area (Å²) in [7, 11) is 0. The van der Waals surface area contributed by atoms with Gasteiger partial charge in [-0.3, -0.25) is 4.90 Å². The quantitative estimate of drug-likeness (QED) is 0.801. The Balaban J connectivity index is 1.75. The van der Waals surface area contributed by atoms with Crippen molar-refractivity contribution in [2.75, 3.05) is 19.7 Å². The first-order chi connectivity index (χ1) is 8.29. The number of rotatable bonds is 5. The van der Waals surface area contributed by atoms with Gasteiger partial charge in [0.2, 0.25) is 0 Å². The highest BCUT2D eigenvalue weighted by Crippen LogP contribution is 2.18. The molecule has 0 spiro atoms. The average Bonchev–Trinajstić information content (AvgIpc) is 2.71. The monoisotopic (exact) mass is 235 g/mol. The Kier molecular flexibility index (Phi) is 4.54. The van der Waals surface area contributed by atoms with Crippen LogP contribution < -0.4 is 0 Å². The number of likely N-dealkylation sites (tertiary alicyclic amines) is 1. The van der Waals surface area contributed by atoms with Crippen molar-refractivity contribution in [3.63, 3.8) is 0 Å². The van der Waals surface area contributed by atoms with Gasteiger partial charge in [0.1, 0.15) is 0 Å². The average molecular weight is 235 g/mol. The number of aliphatic hydroxyl groups excluding tert-OH is 2. The van der Waals surface area contributed by atoms with E-state index in [-0.39, 0.29) is 18.8 Å². The molecule has 0 aliphatic carbocycles. The predicted octanol–water partition coefficient (Wildman–Crippen LogP) is 1.05. The van der Waals surface area contributed by atoms with Gasteiger partial charge in [-0.2, -0.15) is 0 Å². The molecule has 0 radical (unpaired) electrons. The molecule has 0 bridgehead atoms. The maximum Gasteiger partial charge on any atom is 0.0683 e. The lowest BCUT2D eigenvalue weighted by atomic mass is 10.1. The summed E-state index contributed by atoms with van der Waals surface area (Å²) in [6.07, 6.45) is 2.59. The third kappa shape index (κ3) is 3.53.